The first-order valence-electron chi connectivity index (χ1n) is 6.65. The van der Waals surface area contributed by atoms with E-state index in [2.05, 4.69) is 10.6 Å². The second-order valence-electron chi connectivity index (χ2n) is 5.33. The van der Waals surface area contributed by atoms with Gasteiger partial charge in [0.1, 0.15) is 5.54 Å². The normalized spacial score (nSPS) is 15.4. The minimum absolute atomic E-state index is 0.120. The Morgan fingerprint density at radius 1 is 1.45 bits per heavy atom. The van der Waals surface area contributed by atoms with E-state index in [1.807, 2.05) is 31.4 Å². The van der Waals surface area contributed by atoms with Gasteiger partial charge in [-0.05, 0) is 30.7 Å². The molecule has 0 aliphatic heterocycles. The number of carbonyl (C=O) groups excluding carboxylic acids is 1. The number of hydrogen-bond acceptors (Lipinski definition) is 3. The lowest BCUT2D eigenvalue weighted by atomic mass is 9.99. The van der Waals surface area contributed by atoms with E-state index in [4.69, 9.17) is 5.11 Å². The molecule has 0 saturated carbocycles. The van der Waals surface area contributed by atoms with Crippen LogP contribution in [0.15, 0.2) is 17.5 Å². The van der Waals surface area contributed by atoms with Crippen molar-refractivity contribution in [2.24, 2.45) is 5.92 Å². The standard InChI is InChI=1S/C14H22N2O3S/c1-5-14(4,12(17)18)16-13(19)15-11(9(2)3)10-7-6-8-20-10/h6-9,11H,5H2,1-4H3,(H,17,18)(H2,15,16,19). The highest BCUT2D eigenvalue weighted by atomic mass is 32.1. The van der Waals surface area contributed by atoms with Gasteiger partial charge in [0.25, 0.3) is 0 Å². The van der Waals surface area contributed by atoms with Crippen LogP contribution >= 0.6 is 11.3 Å². The second-order valence-corrected chi connectivity index (χ2v) is 6.31. The number of carboxylic acid groups (broad SMARTS) is 1. The Morgan fingerprint density at radius 2 is 2.10 bits per heavy atom. The Morgan fingerprint density at radius 3 is 2.50 bits per heavy atom. The molecule has 2 atom stereocenters. The molecular weight excluding hydrogens is 276 g/mol. The molecule has 0 aliphatic rings. The zero-order chi connectivity index (χ0) is 15.3. The summed E-state index contributed by atoms with van der Waals surface area (Å²) in [7, 11) is 0. The minimum atomic E-state index is -1.25. The van der Waals surface area contributed by atoms with Gasteiger partial charge in [0, 0.05) is 4.88 Å². The molecule has 1 aromatic heterocycles. The maximum Gasteiger partial charge on any atom is 0.329 e. The van der Waals surface area contributed by atoms with Gasteiger partial charge >= 0.3 is 12.0 Å². The summed E-state index contributed by atoms with van der Waals surface area (Å²) in [4.78, 5) is 24.3. The first kappa shape index (κ1) is 16.5. The number of carbonyl (C=O) groups is 2. The summed E-state index contributed by atoms with van der Waals surface area (Å²) in [6.45, 7) is 7.26. The summed E-state index contributed by atoms with van der Waals surface area (Å²) in [6, 6.07) is 3.32. The van der Waals surface area contributed by atoms with E-state index >= 15 is 0 Å². The second kappa shape index (κ2) is 6.74. The van der Waals surface area contributed by atoms with Gasteiger partial charge < -0.3 is 15.7 Å². The zero-order valence-corrected chi connectivity index (χ0v) is 13.1. The van der Waals surface area contributed by atoms with Crippen molar-refractivity contribution in [1.82, 2.24) is 10.6 Å². The molecular formula is C14H22N2O3S. The fraction of sp³-hybridized carbons (Fsp3) is 0.571. The Bertz CT molecular complexity index is 459. The first-order chi connectivity index (χ1) is 9.30. The number of aliphatic carboxylic acids is 1. The van der Waals surface area contributed by atoms with Crippen LogP contribution in [-0.4, -0.2) is 22.6 Å². The third-order valence-corrected chi connectivity index (χ3v) is 4.33. The van der Waals surface area contributed by atoms with Crippen molar-refractivity contribution >= 4 is 23.3 Å². The number of rotatable bonds is 6. The molecule has 1 heterocycles. The van der Waals surface area contributed by atoms with Gasteiger partial charge in [-0.15, -0.1) is 11.3 Å². The molecule has 3 N–H and O–H groups in total. The average molecular weight is 298 g/mol. The Kier molecular flexibility index (Phi) is 5.56. The maximum atomic E-state index is 12.1. The summed E-state index contributed by atoms with van der Waals surface area (Å²) in [6.07, 6.45) is 0.321. The number of thiophene rings is 1. The van der Waals surface area contributed by atoms with Crippen LogP contribution in [0.1, 0.15) is 45.0 Å². The van der Waals surface area contributed by atoms with Gasteiger partial charge in [-0.1, -0.05) is 26.8 Å². The summed E-state index contributed by atoms with van der Waals surface area (Å²) >= 11 is 1.57. The molecule has 0 aromatic carbocycles. The van der Waals surface area contributed by atoms with E-state index in [0.717, 1.165) is 4.88 Å². The lowest BCUT2D eigenvalue weighted by molar-refractivity contribution is -0.143. The third-order valence-electron chi connectivity index (χ3n) is 3.37. The van der Waals surface area contributed by atoms with E-state index in [1.54, 1.807) is 18.3 Å². The monoisotopic (exact) mass is 298 g/mol. The first-order valence-corrected chi connectivity index (χ1v) is 7.53. The lowest BCUT2D eigenvalue weighted by Crippen LogP contribution is -2.55. The molecule has 0 saturated heterocycles. The third kappa shape index (κ3) is 3.96. The molecule has 112 valence electrons. The molecule has 5 nitrogen and oxygen atoms in total. The largest absolute Gasteiger partial charge is 0.480 e. The molecule has 0 radical (unpaired) electrons. The van der Waals surface area contributed by atoms with E-state index in [1.165, 1.54) is 6.92 Å². The van der Waals surface area contributed by atoms with Crippen LogP contribution in [0.4, 0.5) is 4.79 Å². The van der Waals surface area contributed by atoms with Crippen molar-refractivity contribution in [3.8, 4) is 0 Å². The summed E-state index contributed by atoms with van der Waals surface area (Å²) in [5, 5.41) is 16.5. The van der Waals surface area contributed by atoms with Crippen LogP contribution in [0.25, 0.3) is 0 Å². The average Bonchev–Trinajstić information content (AvgIpc) is 2.88. The minimum Gasteiger partial charge on any atom is -0.480 e. The predicted molar refractivity (Wildman–Crippen MR) is 79.9 cm³/mol. The van der Waals surface area contributed by atoms with Gasteiger partial charge in [0.2, 0.25) is 0 Å². The highest BCUT2D eigenvalue weighted by Crippen LogP contribution is 2.25. The van der Waals surface area contributed by atoms with Gasteiger partial charge in [-0.25, -0.2) is 9.59 Å². The predicted octanol–water partition coefficient (Wildman–Crippen LogP) is 3.00. The summed E-state index contributed by atoms with van der Waals surface area (Å²) in [5.74, 6) is -0.815. The highest BCUT2D eigenvalue weighted by molar-refractivity contribution is 7.10. The van der Waals surface area contributed by atoms with E-state index in [0.29, 0.717) is 6.42 Å². The van der Waals surface area contributed by atoms with Crippen molar-refractivity contribution in [2.45, 2.75) is 45.7 Å². The number of amides is 2. The number of hydrogen-bond donors (Lipinski definition) is 3. The Hall–Kier alpha value is -1.56. The van der Waals surface area contributed by atoms with Crippen molar-refractivity contribution in [2.75, 3.05) is 0 Å². The quantitative estimate of drug-likeness (QED) is 0.755. The lowest BCUT2D eigenvalue weighted by Gasteiger charge is -2.27. The molecule has 1 aromatic rings. The molecule has 2 unspecified atom stereocenters. The molecule has 0 bridgehead atoms. The van der Waals surface area contributed by atoms with E-state index < -0.39 is 17.5 Å². The Balaban J connectivity index is 2.75. The van der Waals surface area contributed by atoms with Crippen molar-refractivity contribution in [3.63, 3.8) is 0 Å². The molecule has 1 rings (SSSR count). The molecule has 20 heavy (non-hydrogen) atoms. The summed E-state index contributed by atoms with van der Waals surface area (Å²) in [5.41, 5.74) is -1.25. The van der Waals surface area contributed by atoms with E-state index in [9.17, 15) is 9.59 Å². The van der Waals surface area contributed by atoms with Crippen molar-refractivity contribution in [3.05, 3.63) is 22.4 Å². The number of carboxylic acids is 1. The number of urea groups is 1. The van der Waals surface area contributed by atoms with Crippen LogP contribution in [0.5, 0.6) is 0 Å². The van der Waals surface area contributed by atoms with Crippen LogP contribution < -0.4 is 10.6 Å². The van der Waals surface area contributed by atoms with Gasteiger partial charge in [0.15, 0.2) is 0 Å². The fourth-order valence-corrected chi connectivity index (χ4v) is 2.70. The number of nitrogens with one attached hydrogen (secondary N) is 2. The van der Waals surface area contributed by atoms with Crippen LogP contribution in [0, 0.1) is 5.92 Å². The van der Waals surface area contributed by atoms with E-state index in [-0.39, 0.29) is 12.0 Å². The fourth-order valence-electron chi connectivity index (χ4n) is 1.76. The van der Waals surface area contributed by atoms with Crippen LogP contribution in [-0.2, 0) is 4.79 Å². The van der Waals surface area contributed by atoms with Crippen LogP contribution in [0.3, 0.4) is 0 Å². The molecule has 0 spiro atoms. The van der Waals surface area contributed by atoms with Crippen molar-refractivity contribution in [1.29, 1.82) is 0 Å². The molecule has 2 amide bonds. The van der Waals surface area contributed by atoms with Crippen LogP contribution in [0.2, 0.25) is 0 Å². The van der Waals surface area contributed by atoms with Gasteiger partial charge in [-0.3, -0.25) is 0 Å². The topological polar surface area (TPSA) is 78.4 Å². The smallest absolute Gasteiger partial charge is 0.329 e. The SMILES string of the molecule is CCC(C)(NC(=O)NC(c1cccs1)C(C)C)C(=O)O. The molecule has 6 heteroatoms. The Labute approximate surface area is 123 Å². The zero-order valence-electron chi connectivity index (χ0n) is 12.3. The molecule has 0 aliphatic carbocycles. The van der Waals surface area contributed by atoms with Gasteiger partial charge in [0.05, 0.1) is 6.04 Å². The molecule has 0 fully saturated rings. The highest BCUT2D eigenvalue weighted by Gasteiger charge is 2.33. The van der Waals surface area contributed by atoms with Gasteiger partial charge in [-0.2, -0.15) is 0 Å². The van der Waals surface area contributed by atoms with Crippen molar-refractivity contribution < 1.29 is 14.7 Å². The summed E-state index contributed by atoms with van der Waals surface area (Å²) < 4.78 is 0. The maximum absolute atomic E-state index is 12.1.